The summed E-state index contributed by atoms with van der Waals surface area (Å²) < 4.78 is 23.2. The molecule has 2 bridgehead atoms. The molecule has 174 valence electrons. The molecule has 2 aromatic carbocycles. The molecule has 0 aliphatic carbocycles. The molecule has 0 spiro atoms. The normalized spacial score (nSPS) is 22.7. The number of aromatic nitrogens is 3. The van der Waals surface area contributed by atoms with E-state index >= 15 is 0 Å². The van der Waals surface area contributed by atoms with Crippen LogP contribution >= 0.6 is 0 Å². The lowest BCUT2D eigenvalue weighted by atomic mass is 9.99. The minimum absolute atomic E-state index is 0.0722. The Morgan fingerprint density at radius 2 is 1.70 bits per heavy atom. The minimum atomic E-state index is -0.196. The number of hydrogen-bond acceptors (Lipinski definition) is 4. The van der Waals surface area contributed by atoms with Gasteiger partial charge in [-0.1, -0.05) is 48.5 Å². The van der Waals surface area contributed by atoms with Crippen molar-refractivity contribution in [1.29, 1.82) is 0 Å². The van der Waals surface area contributed by atoms with E-state index in [-0.39, 0.29) is 17.6 Å². The molecule has 2 unspecified atom stereocenters. The van der Waals surface area contributed by atoms with E-state index in [2.05, 4.69) is 10.00 Å². The quantitative estimate of drug-likeness (QED) is 0.521. The summed E-state index contributed by atoms with van der Waals surface area (Å²) in [7, 11) is 1.78. The molecule has 7 heteroatoms. The summed E-state index contributed by atoms with van der Waals surface area (Å²) in [4.78, 5) is 15.2. The molecule has 1 aromatic heterocycles. The second-order valence-corrected chi connectivity index (χ2v) is 9.23. The molecular formula is C26H31FN4O2. The van der Waals surface area contributed by atoms with Crippen molar-refractivity contribution >= 4 is 0 Å². The lowest BCUT2D eigenvalue weighted by Gasteiger charge is -2.38. The zero-order valence-electron chi connectivity index (χ0n) is 19.1. The van der Waals surface area contributed by atoms with Crippen LogP contribution in [-0.2, 0) is 24.9 Å². The first-order chi connectivity index (χ1) is 16.1. The molecule has 0 radical (unpaired) electrons. The lowest BCUT2D eigenvalue weighted by Crippen LogP contribution is -2.46. The Morgan fingerprint density at radius 1 is 1.00 bits per heavy atom. The van der Waals surface area contributed by atoms with Crippen molar-refractivity contribution in [2.45, 2.75) is 63.4 Å². The fraction of sp³-hybridized carbons (Fsp3) is 0.462. The van der Waals surface area contributed by atoms with Crippen molar-refractivity contribution in [3.8, 4) is 11.4 Å². The summed E-state index contributed by atoms with van der Waals surface area (Å²) >= 11 is 0. The van der Waals surface area contributed by atoms with Crippen LogP contribution in [0.2, 0.25) is 0 Å². The molecule has 2 saturated heterocycles. The summed E-state index contributed by atoms with van der Waals surface area (Å²) in [6.45, 7) is 1.91. The Hall–Kier alpha value is -2.77. The van der Waals surface area contributed by atoms with Crippen molar-refractivity contribution in [3.63, 3.8) is 0 Å². The third kappa shape index (κ3) is 4.66. The Bertz CT molecular complexity index is 1130. The van der Waals surface area contributed by atoms with Gasteiger partial charge in [0, 0.05) is 43.3 Å². The maximum Gasteiger partial charge on any atom is 0.345 e. The Morgan fingerprint density at radius 3 is 2.42 bits per heavy atom. The SMILES string of the molecule is Cn1c(-c2ccccc2)nn(CCCN2C3CCC2CC(OCc2ccccc2F)C3)c1=O. The van der Waals surface area contributed by atoms with Gasteiger partial charge >= 0.3 is 5.69 Å². The molecule has 6 nitrogen and oxygen atoms in total. The molecule has 3 heterocycles. The van der Waals surface area contributed by atoms with E-state index in [1.165, 1.54) is 18.9 Å². The second kappa shape index (κ2) is 9.61. The molecule has 33 heavy (non-hydrogen) atoms. The fourth-order valence-corrected chi connectivity index (χ4v) is 5.42. The zero-order chi connectivity index (χ0) is 22.8. The van der Waals surface area contributed by atoms with E-state index in [0.717, 1.165) is 31.4 Å². The number of aryl methyl sites for hydroxylation is 1. The predicted molar refractivity (Wildman–Crippen MR) is 125 cm³/mol. The number of ether oxygens (including phenoxy) is 1. The summed E-state index contributed by atoms with van der Waals surface area (Å²) in [6.07, 6.45) is 5.43. The maximum absolute atomic E-state index is 13.9. The highest BCUT2D eigenvalue weighted by atomic mass is 19.1. The van der Waals surface area contributed by atoms with Crippen LogP contribution in [0, 0.1) is 5.82 Å². The standard InChI is InChI=1S/C26H31FN4O2/c1-29-25(19-8-3-2-4-9-19)28-31(26(29)32)15-7-14-30-21-12-13-22(30)17-23(16-21)33-18-20-10-5-6-11-24(20)27/h2-6,8-11,21-23H,7,12-18H2,1H3. The lowest BCUT2D eigenvalue weighted by molar-refractivity contribution is -0.0293. The van der Waals surface area contributed by atoms with Gasteiger partial charge in [-0.15, -0.1) is 5.10 Å². The minimum Gasteiger partial charge on any atom is -0.373 e. The molecule has 0 saturated carbocycles. The number of piperidine rings is 1. The van der Waals surface area contributed by atoms with Crippen molar-refractivity contribution in [1.82, 2.24) is 19.2 Å². The molecule has 2 atom stereocenters. The van der Waals surface area contributed by atoms with E-state index in [0.29, 0.717) is 36.6 Å². The molecule has 2 aliphatic rings. The molecule has 0 N–H and O–H groups in total. The van der Waals surface area contributed by atoms with Gasteiger partial charge in [0.1, 0.15) is 5.82 Å². The van der Waals surface area contributed by atoms with Gasteiger partial charge in [0.05, 0.1) is 12.7 Å². The molecule has 2 aliphatic heterocycles. The summed E-state index contributed by atoms with van der Waals surface area (Å²) in [5, 5.41) is 4.59. The van der Waals surface area contributed by atoms with Gasteiger partial charge < -0.3 is 4.74 Å². The number of rotatable bonds is 8. The molecule has 3 aromatic rings. The summed E-state index contributed by atoms with van der Waals surface area (Å²) in [6, 6.07) is 17.7. The summed E-state index contributed by atoms with van der Waals surface area (Å²) in [5.74, 6) is 0.506. The number of hydrogen-bond donors (Lipinski definition) is 0. The molecule has 5 rings (SSSR count). The van der Waals surface area contributed by atoms with Crippen molar-refractivity contribution in [3.05, 3.63) is 76.5 Å². The van der Waals surface area contributed by atoms with Crippen LogP contribution < -0.4 is 5.69 Å². The van der Waals surface area contributed by atoms with Gasteiger partial charge in [-0.25, -0.2) is 13.9 Å². The van der Waals surface area contributed by atoms with E-state index in [1.54, 1.807) is 28.4 Å². The van der Waals surface area contributed by atoms with Crippen LogP contribution in [0.1, 0.15) is 37.7 Å². The Balaban J connectivity index is 1.15. The van der Waals surface area contributed by atoms with E-state index < -0.39 is 0 Å². The third-order valence-corrected chi connectivity index (χ3v) is 7.13. The zero-order valence-corrected chi connectivity index (χ0v) is 19.1. The topological polar surface area (TPSA) is 52.3 Å². The molecule has 0 amide bonds. The van der Waals surface area contributed by atoms with Crippen LogP contribution in [0.25, 0.3) is 11.4 Å². The smallest absolute Gasteiger partial charge is 0.345 e. The highest BCUT2D eigenvalue weighted by Crippen LogP contribution is 2.37. The van der Waals surface area contributed by atoms with Crippen molar-refractivity contribution < 1.29 is 9.13 Å². The van der Waals surface area contributed by atoms with Crippen molar-refractivity contribution in [2.75, 3.05) is 6.54 Å². The second-order valence-electron chi connectivity index (χ2n) is 9.23. The van der Waals surface area contributed by atoms with E-state index in [9.17, 15) is 9.18 Å². The number of nitrogens with zero attached hydrogens (tertiary/aromatic N) is 4. The van der Waals surface area contributed by atoms with Gasteiger partial charge in [-0.3, -0.25) is 9.47 Å². The first-order valence-corrected chi connectivity index (χ1v) is 11.9. The van der Waals surface area contributed by atoms with Crippen LogP contribution in [0.4, 0.5) is 4.39 Å². The van der Waals surface area contributed by atoms with Gasteiger partial charge in [0.2, 0.25) is 0 Å². The summed E-state index contributed by atoms with van der Waals surface area (Å²) in [5.41, 5.74) is 1.51. The van der Waals surface area contributed by atoms with Gasteiger partial charge in [-0.2, -0.15) is 0 Å². The highest BCUT2D eigenvalue weighted by Gasteiger charge is 2.40. The predicted octanol–water partition coefficient (Wildman–Crippen LogP) is 3.99. The molecule has 2 fully saturated rings. The van der Waals surface area contributed by atoms with Crippen LogP contribution in [-0.4, -0.2) is 44.0 Å². The Labute approximate surface area is 193 Å². The van der Waals surface area contributed by atoms with Gasteiger partial charge in [0.15, 0.2) is 5.82 Å². The average molecular weight is 451 g/mol. The largest absolute Gasteiger partial charge is 0.373 e. The fourth-order valence-electron chi connectivity index (χ4n) is 5.42. The number of benzene rings is 2. The van der Waals surface area contributed by atoms with Gasteiger partial charge in [-0.05, 0) is 38.2 Å². The van der Waals surface area contributed by atoms with Crippen LogP contribution in [0.15, 0.2) is 59.4 Å². The number of halogens is 1. The van der Waals surface area contributed by atoms with Gasteiger partial charge in [0.25, 0.3) is 0 Å². The first-order valence-electron chi connectivity index (χ1n) is 11.9. The monoisotopic (exact) mass is 450 g/mol. The highest BCUT2D eigenvalue weighted by molar-refractivity contribution is 5.54. The number of fused-ring (bicyclic) bond motifs is 2. The Kier molecular flexibility index (Phi) is 6.42. The van der Waals surface area contributed by atoms with E-state index in [4.69, 9.17) is 4.74 Å². The molecular weight excluding hydrogens is 419 g/mol. The third-order valence-electron chi connectivity index (χ3n) is 7.13. The van der Waals surface area contributed by atoms with Crippen molar-refractivity contribution in [2.24, 2.45) is 7.05 Å². The van der Waals surface area contributed by atoms with Crippen LogP contribution in [0.5, 0.6) is 0 Å². The first kappa shape index (κ1) is 22.0. The average Bonchev–Trinajstić information content (AvgIpc) is 3.24. The van der Waals surface area contributed by atoms with E-state index in [1.807, 2.05) is 36.4 Å². The maximum atomic E-state index is 13.9. The van der Waals surface area contributed by atoms with Crippen LogP contribution in [0.3, 0.4) is 0 Å².